The van der Waals surface area contributed by atoms with Gasteiger partial charge in [-0.2, -0.15) is 0 Å². The third kappa shape index (κ3) is 3.72. The molecule has 2 rings (SSSR count). The molecule has 0 aromatic heterocycles. The normalized spacial score (nSPS) is 12.6. The standard InChI is InChI=1S/C20H25/c1-3-5-12-17(4-2)20(18-13-8-6-9-14-18)19-15-10-7-11-16-19/h6-11,13-17H,3-5,12H2,1-2H3. The topological polar surface area (TPSA) is 0 Å². The van der Waals surface area contributed by atoms with Crippen LogP contribution in [-0.2, 0) is 0 Å². The monoisotopic (exact) mass is 265 g/mol. The molecule has 0 aliphatic carbocycles. The lowest BCUT2D eigenvalue weighted by Gasteiger charge is -2.26. The minimum atomic E-state index is 0.653. The van der Waals surface area contributed by atoms with Crippen LogP contribution in [0.15, 0.2) is 60.7 Å². The Balaban J connectivity index is 2.33. The van der Waals surface area contributed by atoms with Crippen molar-refractivity contribution < 1.29 is 0 Å². The predicted octanol–water partition coefficient (Wildman–Crippen LogP) is 5.87. The molecule has 0 heterocycles. The van der Waals surface area contributed by atoms with Crippen LogP contribution in [0.1, 0.15) is 50.7 Å². The van der Waals surface area contributed by atoms with Crippen molar-refractivity contribution in [3.8, 4) is 0 Å². The van der Waals surface area contributed by atoms with Gasteiger partial charge in [-0.1, -0.05) is 93.8 Å². The van der Waals surface area contributed by atoms with E-state index in [1.165, 1.54) is 42.7 Å². The smallest absolute Gasteiger partial charge is 0.0370 e. The highest BCUT2D eigenvalue weighted by Gasteiger charge is 2.23. The Morgan fingerprint density at radius 3 is 1.70 bits per heavy atom. The van der Waals surface area contributed by atoms with Gasteiger partial charge in [0.2, 0.25) is 0 Å². The van der Waals surface area contributed by atoms with Gasteiger partial charge in [-0.3, -0.25) is 0 Å². The fraction of sp³-hybridized carbons (Fsp3) is 0.350. The largest absolute Gasteiger partial charge is 0.0654 e. The van der Waals surface area contributed by atoms with Crippen LogP contribution >= 0.6 is 0 Å². The van der Waals surface area contributed by atoms with Crippen molar-refractivity contribution in [2.75, 3.05) is 0 Å². The first kappa shape index (κ1) is 14.8. The molecule has 0 spiro atoms. The van der Waals surface area contributed by atoms with Gasteiger partial charge in [0, 0.05) is 5.92 Å². The van der Waals surface area contributed by atoms with Crippen molar-refractivity contribution in [2.24, 2.45) is 5.92 Å². The first-order valence-electron chi connectivity index (χ1n) is 7.84. The Kier molecular flexibility index (Phi) is 5.86. The first-order valence-corrected chi connectivity index (χ1v) is 7.84. The predicted molar refractivity (Wildman–Crippen MR) is 87.6 cm³/mol. The number of unbranched alkanes of at least 4 members (excludes halogenated alkanes) is 1. The van der Waals surface area contributed by atoms with E-state index in [4.69, 9.17) is 0 Å². The van der Waals surface area contributed by atoms with E-state index >= 15 is 0 Å². The molecule has 0 saturated carbocycles. The van der Waals surface area contributed by atoms with E-state index in [1.54, 1.807) is 0 Å². The SMILES string of the molecule is CCCCC(CC)[C](c1ccccc1)c1ccccc1. The summed E-state index contributed by atoms with van der Waals surface area (Å²) in [6.07, 6.45) is 5.07. The molecular weight excluding hydrogens is 240 g/mol. The minimum Gasteiger partial charge on any atom is -0.0654 e. The molecule has 1 atom stereocenters. The van der Waals surface area contributed by atoms with Gasteiger partial charge in [0.1, 0.15) is 0 Å². The highest BCUT2D eigenvalue weighted by atomic mass is 14.3. The van der Waals surface area contributed by atoms with E-state index < -0.39 is 0 Å². The van der Waals surface area contributed by atoms with Gasteiger partial charge in [0.25, 0.3) is 0 Å². The van der Waals surface area contributed by atoms with Crippen molar-refractivity contribution in [1.82, 2.24) is 0 Å². The zero-order valence-corrected chi connectivity index (χ0v) is 12.7. The lowest BCUT2D eigenvalue weighted by atomic mass is 9.77. The van der Waals surface area contributed by atoms with E-state index in [1.807, 2.05) is 0 Å². The summed E-state index contributed by atoms with van der Waals surface area (Å²) in [4.78, 5) is 0. The molecule has 0 aliphatic rings. The summed E-state index contributed by atoms with van der Waals surface area (Å²) in [6, 6.07) is 21.8. The van der Waals surface area contributed by atoms with Crippen LogP contribution in [0.25, 0.3) is 0 Å². The Labute approximate surface area is 123 Å². The molecule has 0 nitrogen and oxygen atoms in total. The summed E-state index contributed by atoms with van der Waals surface area (Å²) in [6.45, 7) is 4.59. The molecule has 0 heteroatoms. The molecule has 0 aliphatic heterocycles. The van der Waals surface area contributed by atoms with E-state index in [-0.39, 0.29) is 0 Å². The number of hydrogen-bond acceptors (Lipinski definition) is 0. The highest BCUT2D eigenvalue weighted by Crippen LogP contribution is 2.35. The van der Waals surface area contributed by atoms with E-state index in [0.717, 1.165) is 0 Å². The minimum absolute atomic E-state index is 0.653. The third-order valence-corrected chi connectivity index (χ3v) is 3.98. The van der Waals surface area contributed by atoms with Crippen LogP contribution in [0.3, 0.4) is 0 Å². The zero-order chi connectivity index (χ0) is 14.2. The molecular formula is C20H25. The van der Waals surface area contributed by atoms with Crippen LogP contribution in [0.5, 0.6) is 0 Å². The number of benzene rings is 2. The number of rotatable bonds is 7. The molecule has 1 radical (unpaired) electrons. The van der Waals surface area contributed by atoms with Crippen LogP contribution in [0.4, 0.5) is 0 Å². The van der Waals surface area contributed by atoms with Crippen molar-refractivity contribution >= 4 is 0 Å². The second-order valence-corrected chi connectivity index (χ2v) is 5.39. The van der Waals surface area contributed by atoms with E-state index in [9.17, 15) is 0 Å². The lowest BCUT2D eigenvalue weighted by Crippen LogP contribution is -2.15. The maximum absolute atomic E-state index is 2.31. The average molecular weight is 265 g/mol. The van der Waals surface area contributed by atoms with Crippen LogP contribution < -0.4 is 0 Å². The van der Waals surface area contributed by atoms with E-state index in [2.05, 4.69) is 74.5 Å². The average Bonchev–Trinajstić information content (AvgIpc) is 2.53. The van der Waals surface area contributed by atoms with Gasteiger partial charge in [-0.05, 0) is 23.5 Å². The maximum atomic E-state index is 2.31. The second-order valence-electron chi connectivity index (χ2n) is 5.39. The fourth-order valence-corrected chi connectivity index (χ4v) is 2.88. The lowest BCUT2D eigenvalue weighted by molar-refractivity contribution is 0.487. The molecule has 0 bridgehead atoms. The van der Waals surface area contributed by atoms with Crippen LogP contribution in [-0.4, -0.2) is 0 Å². The Morgan fingerprint density at radius 1 is 0.800 bits per heavy atom. The summed E-state index contributed by atoms with van der Waals surface area (Å²) >= 11 is 0. The summed E-state index contributed by atoms with van der Waals surface area (Å²) < 4.78 is 0. The molecule has 0 N–H and O–H groups in total. The third-order valence-electron chi connectivity index (χ3n) is 3.98. The quantitative estimate of drug-likeness (QED) is 0.587. The van der Waals surface area contributed by atoms with Gasteiger partial charge in [0.15, 0.2) is 0 Å². The summed E-state index contributed by atoms with van der Waals surface area (Å²) in [7, 11) is 0. The first-order chi connectivity index (χ1) is 9.86. The van der Waals surface area contributed by atoms with Crippen LogP contribution in [0, 0.1) is 11.8 Å². The van der Waals surface area contributed by atoms with Crippen LogP contribution in [0.2, 0.25) is 0 Å². The Bertz CT molecular complexity index is 432. The van der Waals surface area contributed by atoms with Gasteiger partial charge in [0.05, 0.1) is 0 Å². The Hall–Kier alpha value is -1.56. The summed E-state index contributed by atoms with van der Waals surface area (Å²) in [5, 5.41) is 0. The van der Waals surface area contributed by atoms with Crippen molar-refractivity contribution in [3.05, 3.63) is 77.7 Å². The molecule has 0 saturated heterocycles. The van der Waals surface area contributed by atoms with Gasteiger partial charge < -0.3 is 0 Å². The molecule has 2 aromatic rings. The number of hydrogen-bond donors (Lipinski definition) is 0. The van der Waals surface area contributed by atoms with Gasteiger partial charge in [-0.15, -0.1) is 0 Å². The molecule has 105 valence electrons. The molecule has 1 unspecified atom stereocenters. The maximum Gasteiger partial charge on any atom is 0.0370 e. The van der Waals surface area contributed by atoms with Crippen molar-refractivity contribution in [1.29, 1.82) is 0 Å². The molecule has 2 aromatic carbocycles. The molecule has 0 amide bonds. The zero-order valence-electron chi connectivity index (χ0n) is 12.7. The molecule has 0 fully saturated rings. The second kappa shape index (κ2) is 7.89. The van der Waals surface area contributed by atoms with Gasteiger partial charge >= 0.3 is 0 Å². The van der Waals surface area contributed by atoms with Gasteiger partial charge in [-0.25, -0.2) is 0 Å². The summed E-state index contributed by atoms with van der Waals surface area (Å²) in [5.74, 6) is 2.17. The van der Waals surface area contributed by atoms with Crippen molar-refractivity contribution in [3.63, 3.8) is 0 Å². The van der Waals surface area contributed by atoms with E-state index in [0.29, 0.717) is 5.92 Å². The Morgan fingerprint density at radius 2 is 1.30 bits per heavy atom. The fourth-order valence-electron chi connectivity index (χ4n) is 2.88. The summed E-state index contributed by atoms with van der Waals surface area (Å²) in [5.41, 5.74) is 2.75. The molecule has 20 heavy (non-hydrogen) atoms. The highest BCUT2D eigenvalue weighted by molar-refractivity contribution is 5.46. The van der Waals surface area contributed by atoms with Crippen molar-refractivity contribution in [2.45, 2.75) is 39.5 Å².